The molecule has 1 aliphatic rings. The molecule has 1 saturated heterocycles. The van der Waals surface area contributed by atoms with Gasteiger partial charge in [-0.15, -0.1) is 0 Å². The highest BCUT2D eigenvalue weighted by molar-refractivity contribution is 5.93. The fourth-order valence-corrected chi connectivity index (χ4v) is 2.85. The molecule has 0 aliphatic carbocycles. The second-order valence-corrected chi connectivity index (χ2v) is 6.62. The highest BCUT2D eigenvalue weighted by atomic mass is 16.5. The minimum absolute atomic E-state index is 0.0211. The van der Waals surface area contributed by atoms with Crippen molar-refractivity contribution in [1.29, 1.82) is 0 Å². The maximum absolute atomic E-state index is 12.4. The standard InChI is InChI=1S/C20H29N3O5/c1-3-11-27-16-7-5-15(6-8-16)22-18(24)14-23-10-9-21-20(26)17(23)13-19(25)28-12-4-2/h5-8,17H,3-4,9-14H2,1-2H3,(H,21,26)(H,22,24). The lowest BCUT2D eigenvalue weighted by Gasteiger charge is -2.33. The molecule has 1 heterocycles. The highest BCUT2D eigenvalue weighted by Crippen LogP contribution is 2.16. The first-order chi connectivity index (χ1) is 13.5. The molecule has 1 aliphatic heterocycles. The molecular weight excluding hydrogens is 362 g/mol. The number of carbonyl (C=O) groups is 3. The summed E-state index contributed by atoms with van der Waals surface area (Å²) in [5.74, 6) is -0.191. The monoisotopic (exact) mass is 391 g/mol. The molecule has 1 aromatic carbocycles. The van der Waals surface area contributed by atoms with Gasteiger partial charge < -0.3 is 20.1 Å². The SMILES string of the molecule is CCCOC(=O)CC1C(=O)NCCN1CC(=O)Nc1ccc(OCCC)cc1. The fourth-order valence-electron chi connectivity index (χ4n) is 2.85. The second kappa shape index (κ2) is 11.3. The maximum atomic E-state index is 12.4. The first kappa shape index (κ1) is 21.7. The largest absolute Gasteiger partial charge is 0.494 e. The average Bonchev–Trinajstić information content (AvgIpc) is 2.68. The zero-order valence-corrected chi connectivity index (χ0v) is 16.5. The van der Waals surface area contributed by atoms with E-state index in [0.717, 1.165) is 18.6 Å². The van der Waals surface area contributed by atoms with E-state index in [2.05, 4.69) is 10.6 Å². The van der Waals surface area contributed by atoms with Gasteiger partial charge in [0.15, 0.2) is 0 Å². The summed E-state index contributed by atoms with van der Waals surface area (Å²) in [4.78, 5) is 38.2. The van der Waals surface area contributed by atoms with Gasteiger partial charge in [0.05, 0.1) is 26.2 Å². The minimum Gasteiger partial charge on any atom is -0.494 e. The van der Waals surface area contributed by atoms with E-state index in [0.29, 0.717) is 32.0 Å². The summed E-state index contributed by atoms with van der Waals surface area (Å²) < 4.78 is 10.6. The Labute approximate surface area is 165 Å². The number of piperazine rings is 1. The molecule has 1 atom stereocenters. The van der Waals surface area contributed by atoms with Crippen LogP contribution in [0.3, 0.4) is 0 Å². The Morgan fingerprint density at radius 1 is 1.18 bits per heavy atom. The van der Waals surface area contributed by atoms with E-state index in [-0.39, 0.29) is 24.8 Å². The van der Waals surface area contributed by atoms with Gasteiger partial charge in [0, 0.05) is 18.8 Å². The van der Waals surface area contributed by atoms with Crippen LogP contribution in [0.5, 0.6) is 5.75 Å². The Hall–Kier alpha value is -2.61. The number of rotatable bonds is 10. The van der Waals surface area contributed by atoms with E-state index >= 15 is 0 Å². The van der Waals surface area contributed by atoms with Crippen molar-refractivity contribution < 1.29 is 23.9 Å². The summed E-state index contributed by atoms with van der Waals surface area (Å²) in [6.07, 6.45) is 1.58. The third kappa shape index (κ3) is 6.84. The van der Waals surface area contributed by atoms with Crippen molar-refractivity contribution in [1.82, 2.24) is 10.2 Å². The van der Waals surface area contributed by atoms with Gasteiger partial charge in [-0.2, -0.15) is 0 Å². The van der Waals surface area contributed by atoms with Crippen molar-refractivity contribution in [2.75, 3.05) is 38.2 Å². The molecule has 8 nitrogen and oxygen atoms in total. The summed E-state index contributed by atoms with van der Waals surface area (Å²) in [5, 5.41) is 5.55. The van der Waals surface area contributed by atoms with Crippen LogP contribution in [0.1, 0.15) is 33.1 Å². The van der Waals surface area contributed by atoms with Crippen molar-refractivity contribution in [2.24, 2.45) is 0 Å². The number of benzene rings is 1. The Morgan fingerprint density at radius 2 is 1.89 bits per heavy atom. The third-order valence-corrected chi connectivity index (χ3v) is 4.23. The molecular formula is C20H29N3O5. The molecule has 0 spiro atoms. The van der Waals surface area contributed by atoms with Crippen molar-refractivity contribution >= 4 is 23.5 Å². The van der Waals surface area contributed by atoms with Crippen molar-refractivity contribution in [2.45, 2.75) is 39.2 Å². The zero-order valence-electron chi connectivity index (χ0n) is 16.5. The van der Waals surface area contributed by atoms with E-state index in [1.807, 2.05) is 13.8 Å². The Kier molecular flexibility index (Phi) is 8.74. The molecule has 0 radical (unpaired) electrons. The molecule has 8 heteroatoms. The van der Waals surface area contributed by atoms with E-state index in [9.17, 15) is 14.4 Å². The van der Waals surface area contributed by atoms with Gasteiger partial charge in [-0.1, -0.05) is 13.8 Å². The summed E-state index contributed by atoms with van der Waals surface area (Å²) in [7, 11) is 0. The van der Waals surface area contributed by atoms with E-state index in [4.69, 9.17) is 9.47 Å². The van der Waals surface area contributed by atoms with Gasteiger partial charge in [0.2, 0.25) is 11.8 Å². The second-order valence-electron chi connectivity index (χ2n) is 6.62. The number of hydrogen-bond donors (Lipinski definition) is 2. The van der Waals surface area contributed by atoms with E-state index in [1.54, 1.807) is 29.2 Å². The Morgan fingerprint density at radius 3 is 2.57 bits per heavy atom. The summed E-state index contributed by atoms with van der Waals surface area (Å²) >= 11 is 0. The van der Waals surface area contributed by atoms with Crippen LogP contribution in [0.15, 0.2) is 24.3 Å². The van der Waals surface area contributed by atoms with Crippen LogP contribution in [-0.2, 0) is 19.1 Å². The van der Waals surface area contributed by atoms with Gasteiger partial charge in [0.1, 0.15) is 11.8 Å². The number of nitrogens with one attached hydrogen (secondary N) is 2. The predicted octanol–water partition coefficient (Wildman–Crippen LogP) is 1.56. The maximum Gasteiger partial charge on any atom is 0.307 e. The molecule has 1 unspecified atom stereocenters. The van der Waals surface area contributed by atoms with Crippen LogP contribution < -0.4 is 15.4 Å². The molecule has 2 rings (SSSR count). The number of carbonyl (C=O) groups excluding carboxylic acids is 3. The van der Waals surface area contributed by atoms with Crippen LogP contribution in [0, 0.1) is 0 Å². The molecule has 28 heavy (non-hydrogen) atoms. The number of hydrogen-bond acceptors (Lipinski definition) is 6. The van der Waals surface area contributed by atoms with Crippen LogP contribution in [0.2, 0.25) is 0 Å². The molecule has 1 aromatic rings. The lowest BCUT2D eigenvalue weighted by Crippen LogP contribution is -2.57. The van der Waals surface area contributed by atoms with Crippen LogP contribution in [-0.4, -0.2) is 61.6 Å². The van der Waals surface area contributed by atoms with Crippen molar-refractivity contribution in [3.05, 3.63) is 24.3 Å². The fraction of sp³-hybridized carbons (Fsp3) is 0.550. The number of anilines is 1. The molecule has 154 valence electrons. The van der Waals surface area contributed by atoms with Gasteiger partial charge in [-0.25, -0.2) is 0 Å². The number of amides is 2. The number of ether oxygens (including phenoxy) is 2. The molecule has 0 saturated carbocycles. The van der Waals surface area contributed by atoms with Crippen molar-refractivity contribution in [3.8, 4) is 5.75 Å². The van der Waals surface area contributed by atoms with Gasteiger partial charge in [0.25, 0.3) is 0 Å². The summed E-state index contributed by atoms with van der Waals surface area (Å²) in [6, 6.07) is 6.43. The first-order valence-corrected chi connectivity index (χ1v) is 9.73. The first-order valence-electron chi connectivity index (χ1n) is 9.73. The minimum atomic E-state index is -0.700. The molecule has 2 amide bonds. The predicted molar refractivity (Wildman–Crippen MR) is 105 cm³/mol. The lowest BCUT2D eigenvalue weighted by atomic mass is 10.1. The van der Waals surface area contributed by atoms with E-state index in [1.165, 1.54) is 0 Å². The smallest absolute Gasteiger partial charge is 0.307 e. The zero-order chi connectivity index (χ0) is 20.4. The normalized spacial score (nSPS) is 16.9. The lowest BCUT2D eigenvalue weighted by molar-refractivity contribution is -0.148. The van der Waals surface area contributed by atoms with Gasteiger partial charge in [-0.3, -0.25) is 19.3 Å². The van der Waals surface area contributed by atoms with Gasteiger partial charge in [-0.05, 0) is 37.1 Å². The Bertz CT molecular complexity index is 662. The number of esters is 1. The van der Waals surface area contributed by atoms with Crippen LogP contribution >= 0.6 is 0 Å². The quantitative estimate of drug-likeness (QED) is 0.588. The van der Waals surface area contributed by atoms with Crippen molar-refractivity contribution in [3.63, 3.8) is 0 Å². The van der Waals surface area contributed by atoms with Crippen LogP contribution in [0.4, 0.5) is 5.69 Å². The van der Waals surface area contributed by atoms with Crippen LogP contribution in [0.25, 0.3) is 0 Å². The molecule has 1 fully saturated rings. The highest BCUT2D eigenvalue weighted by Gasteiger charge is 2.33. The van der Waals surface area contributed by atoms with Gasteiger partial charge >= 0.3 is 5.97 Å². The summed E-state index contributed by atoms with van der Waals surface area (Å²) in [5.41, 5.74) is 0.647. The topological polar surface area (TPSA) is 97.0 Å². The Balaban J connectivity index is 1.90. The molecule has 0 aromatic heterocycles. The number of nitrogens with zero attached hydrogens (tertiary/aromatic N) is 1. The van der Waals surface area contributed by atoms with E-state index < -0.39 is 12.0 Å². The average molecular weight is 391 g/mol. The molecule has 0 bridgehead atoms. The third-order valence-electron chi connectivity index (χ3n) is 4.23. The molecule has 2 N–H and O–H groups in total. The summed E-state index contributed by atoms with van der Waals surface area (Å²) in [6.45, 7) is 5.86.